The molecule has 0 heterocycles. The molecule has 0 unspecified atom stereocenters. The molecule has 2 N–H and O–H groups in total. The summed E-state index contributed by atoms with van der Waals surface area (Å²) in [6.45, 7) is 0.944. The van der Waals surface area contributed by atoms with Gasteiger partial charge < -0.3 is 15.4 Å². The van der Waals surface area contributed by atoms with Gasteiger partial charge >= 0.3 is 5.69 Å². The second-order valence-corrected chi connectivity index (χ2v) is 6.82. The molecule has 2 amide bonds. The van der Waals surface area contributed by atoms with Gasteiger partial charge in [0.2, 0.25) is 5.91 Å². The molecule has 2 rings (SSSR count). The first-order chi connectivity index (χ1) is 12.8. The molecule has 0 bridgehead atoms. The second kappa shape index (κ2) is 8.90. The number of anilines is 2. The Balaban J connectivity index is 2.00. The van der Waals surface area contributed by atoms with Crippen molar-refractivity contribution in [1.29, 1.82) is 0 Å². The smallest absolute Gasteiger partial charge is 0.312 e. The van der Waals surface area contributed by atoms with Crippen molar-refractivity contribution in [2.24, 2.45) is 0 Å². The molecule has 0 saturated heterocycles. The maximum absolute atomic E-state index is 12.0. The van der Waals surface area contributed by atoms with E-state index in [9.17, 15) is 23.9 Å². The van der Waals surface area contributed by atoms with Crippen molar-refractivity contribution in [3.05, 3.63) is 52.6 Å². The van der Waals surface area contributed by atoms with Gasteiger partial charge in [0.15, 0.2) is 12.4 Å². The molecule has 2 aromatic carbocycles. The molecule has 0 aliphatic rings. The fourth-order valence-corrected chi connectivity index (χ4v) is 2.66. The molecule has 0 radical (unpaired) electrons. The summed E-state index contributed by atoms with van der Waals surface area (Å²) in [6.07, 6.45) is 1.41. The van der Waals surface area contributed by atoms with E-state index in [0.717, 1.165) is 6.07 Å². The number of hydrogen-bond acceptors (Lipinski definition) is 6. The third-order valence-corrected chi connectivity index (χ3v) is 4.22. The van der Waals surface area contributed by atoms with Crippen LogP contribution in [0.1, 0.15) is 6.92 Å². The average molecular weight is 391 g/mol. The van der Waals surface area contributed by atoms with E-state index in [1.807, 2.05) is 0 Å². The van der Waals surface area contributed by atoms with Gasteiger partial charge in [-0.3, -0.25) is 23.9 Å². The maximum atomic E-state index is 12.0. The summed E-state index contributed by atoms with van der Waals surface area (Å²) in [5, 5.41) is 16.3. The molecule has 0 aromatic heterocycles. The normalized spacial score (nSPS) is 11.3. The van der Waals surface area contributed by atoms with E-state index < -0.39 is 28.2 Å². The Kier molecular flexibility index (Phi) is 6.61. The topological polar surface area (TPSA) is 128 Å². The number of nitro groups is 1. The molecule has 0 fully saturated rings. The van der Waals surface area contributed by atoms with Crippen LogP contribution in [0.15, 0.2) is 47.4 Å². The molecule has 10 heteroatoms. The zero-order valence-corrected chi connectivity index (χ0v) is 15.4. The van der Waals surface area contributed by atoms with E-state index in [4.69, 9.17) is 4.74 Å². The predicted molar refractivity (Wildman–Crippen MR) is 100 cm³/mol. The van der Waals surface area contributed by atoms with E-state index in [0.29, 0.717) is 11.4 Å². The number of carbonyl (C=O) groups excluding carboxylic acids is 2. The Morgan fingerprint density at radius 1 is 1.11 bits per heavy atom. The summed E-state index contributed by atoms with van der Waals surface area (Å²) in [5.41, 5.74) is 0.694. The van der Waals surface area contributed by atoms with E-state index in [1.165, 1.54) is 25.3 Å². The zero-order chi connectivity index (χ0) is 20.0. The van der Waals surface area contributed by atoms with Crippen LogP contribution in [0.25, 0.3) is 0 Å². The number of nitrogens with one attached hydrogen (secondary N) is 2. The van der Waals surface area contributed by atoms with Crippen molar-refractivity contribution in [3.63, 3.8) is 0 Å². The Bertz CT molecular complexity index is 898. The molecule has 0 saturated carbocycles. The van der Waals surface area contributed by atoms with E-state index >= 15 is 0 Å². The SMILES string of the molecule is CC(=O)Nc1ccc(NC(=O)COc2ccc([S@](C)=O)cc2[N+](=O)[O-])cc1. The van der Waals surface area contributed by atoms with Crippen molar-refractivity contribution in [2.45, 2.75) is 11.8 Å². The monoisotopic (exact) mass is 391 g/mol. The number of rotatable bonds is 7. The summed E-state index contributed by atoms with van der Waals surface area (Å²) in [4.78, 5) is 33.7. The second-order valence-electron chi connectivity index (χ2n) is 5.44. The van der Waals surface area contributed by atoms with Crippen LogP contribution in [0.5, 0.6) is 5.75 Å². The number of nitro benzene ring substituents is 1. The van der Waals surface area contributed by atoms with Gasteiger partial charge in [0.25, 0.3) is 5.91 Å². The number of ether oxygens (including phenoxy) is 1. The summed E-state index contributed by atoms with van der Waals surface area (Å²) in [6, 6.07) is 10.3. The highest BCUT2D eigenvalue weighted by atomic mass is 32.2. The minimum absolute atomic E-state index is 0.0923. The van der Waals surface area contributed by atoms with Crippen molar-refractivity contribution in [1.82, 2.24) is 0 Å². The zero-order valence-electron chi connectivity index (χ0n) is 14.6. The third-order valence-electron chi connectivity index (χ3n) is 3.31. The number of benzene rings is 2. The van der Waals surface area contributed by atoms with Gasteiger partial charge in [-0.15, -0.1) is 0 Å². The Morgan fingerprint density at radius 3 is 2.22 bits per heavy atom. The number of carbonyl (C=O) groups is 2. The van der Waals surface area contributed by atoms with E-state index in [2.05, 4.69) is 10.6 Å². The van der Waals surface area contributed by atoms with Crippen LogP contribution in [-0.4, -0.2) is 33.8 Å². The molecule has 142 valence electrons. The van der Waals surface area contributed by atoms with Crippen LogP contribution in [0.2, 0.25) is 0 Å². The van der Waals surface area contributed by atoms with E-state index in [1.54, 1.807) is 24.3 Å². The summed E-state index contributed by atoms with van der Waals surface area (Å²) >= 11 is 0. The molecule has 0 spiro atoms. The standard InChI is InChI=1S/C17H17N3O6S/c1-11(21)18-12-3-5-13(6-4-12)19-17(22)10-26-16-8-7-14(27(2)25)9-15(16)20(23)24/h3-9H,10H2,1-2H3,(H,18,21)(H,19,22)/t27-/m0/s1. The fraction of sp³-hybridized carbons (Fsp3) is 0.176. The molecular weight excluding hydrogens is 374 g/mol. The summed E-state index contributed by atoms with van der Waals surface area (Å²) in [7, 11) is -1.37. The highest BCUT2D eigenvalue weighted by Gasteiger charge is 2.18. The lowest BCUT2D eigenvalue weighted by atomic mass is 10.2. The molecule has 0 aliphatic carbocycles. The van der Waals surface area contributed by atoms with Gasteiger partial charge in [0.05, 0.1) is 15.7 Å². The Hall–Kier alpha value is -3.27. The largest absolute Gasteiger partial charge is 0.477 e. The predicted octanol–water partition coefficient (Wildman–Crippen LogP) is 2.31. The van der Waals surface area contributed by atoms with Gasteiger partial charge in [0.1, 0.15) is 0 Å². The van der Waals surface area contributed by atoms with Crippen LogP contribution in [0, 0.1) is 10.1 Å². The molecule has 9 nitrogen and oxygen atoms in total. The fourth-order valence-electron chi connectivity index (χ4n) is 2.12. The van der Waals surface area contributed by atoms with E-state index in [-0.39, 0.29) is 22.2 Å². The highest BCUT2D eigenvalue weighted by Crippen LogP contribution is 2.29. The minimum Gasteiger partial charge on any atom is -0.477 e. The number of hydrogen-bond donors (Lipinski definition) is 2. The lowest BCUT2D eigenvalue weighted by Crippen LogP contribution is -2.20. The van der Waals surface area contributed by atoms with Crippen LogP contribution in [0.3, 0.4) is 0 Å². The van der Waals surface area contributed by atoms with Crippen LogP contribution in [-0.2, 0) is 20.4 Å². The van der Waals surface area contributed by atoms with Crippen molar-refractivity contribution < 1.29 is 23.5 Å². The Labute approximate surface area is 157 Å². The maximum Gasteiger partial charge on any atom is 0.312 e. The van der Waals surface area contributed by atoms with Gasteiger partial charge in [-0.2, -0.15) is 0 Å². The summed E-state index contributed by atoms with van der Waals surface area (Å²) in [5.74, 6) is -0.815. The molecule has 27 heavy (non-hydrogen) atoms. The average Bonchev–Trinajstić information content (AvgIpc) is 2.61. The quantitative estimate of drug-likeness (QED) is 0.551. The van der Waals surface area contributed by atoms with Gasteiger partial charge in [0, 0.05) is 35.5 Å². The van der Waals surface area contributed by atoms with Gasteiger partial charge in [-0.1, -0.05) is 0 Å². The highest BCUT2D eigenvalue weighted by molar-refractivity contribution is 7.84. The number of amides is 2. The first-order valence-electron chi connectivity index (χ1n) is 7.68. The molecular formula is C17H17N3O6S. The third kappa shape index (κ3) is 5.89. The minimum atomic E-state index is -1.37. The number of nitrogens with zero attached hydrogens (tertiary/aromatic N) is 1. The van der Waals surface area contributed by atoms with Crippen molar-refractivity contribution in [3.8, 4) is 5.75 Å². The lowest BCUT2D eigenvalue weighted by Gasteiger charge is -2.09. The van der Waals surface area contributed by atoms with Crippen LogP contribution < -0.4 is 15.4 Å². The van der Waals surface area contributed by atoms with Crippen molar-refractivity contribution in [2.75, 3.05) is 23.5 Å². The van der Waals surface area contributed by atoms with Gasteiger partial charge in [-0.05, 0) is 36.4 Å². The molecule has 2 aromatic rings. The molecule has 0 aliphatic heterocycles. The van der Waals surface area contributed by atoms with Gasteiger partial charge in [-0.25, -0.2) is 0 Å². The van der Waals surface area contributed by atoms with Crippen LogP contribution in [0.4, 0.5) is 17.1 Å². The van der Waals surface area contributed by atoms with Crippen molar-refractivity contribution >= 4 is 39.7 Å². The molecule has 1 atom stereocenters. The first kappa shape index (κ1) is 20.0. The summed E-state index contributed by atoms with van der Waals surface area (Å²) < 4.78 is 16.7. The first-order valence-corrected chi connectivity index (χ1v) is 9.24. The lowest BCUT2D eigenvalue weighted by molar-refractivity contribution is -0.386. The van der Waals surface area contributed by atoms with Crippen LogP contribution >= 0.6 is 0 Å². The Morgan fingerprint density at radius 2 is 1.70 bits per heavy atom.